The lowest BCUT2D eigenvalue weighted by Crippen LogP contribution is -2.04. The first kappa shape index (κ1) is 11.7. The molecule has 0 unspecified atom stereocenters. The average molecular weight is 251 g/mol. The van der Waals surface area contributed by atoms with Gasteiger partial charge >= 0.3 is 5.97 Å². The Kier molecular flexibility index (Phi) is 3.44. The highest BCUT2D eigenvalue weighted by atomic mass is 35.5. The van der Waals surface area contributed by atoms with Crippen molar-refractivity contribution in [3.8, 4) is 0 Å². The van der Waals surface area contributed by atoms with E-state index in [2.05, 4.69) is 5.10 Å². The van der Waals surface area contributed by atoms with E-state index in [-0.39, 0.29) is 5.69 Å². The van der Waals surface area contributed by atoms with Crippen LogP contribution in [0.4, 0.5) is 0 Å². The number of carboxylic acid groups (broad SMARTS) is 1. The molecule has 0 aliphatic rings. The Balaban J connectivity index is 1.97. The molecule has 0 saturated carbocycles. The average Bonchev–Trinajstić information content (AvgIpc) is 2.77. The van der Waals surface area contributed by atoms with Crippen molar-refractivity contribution in [1.29, 1.82) is 0 Å². The lowest BCUT2D eigenvalue weighted by atomic mass is 10.1. The fourth-order valence-corrected chi connectivity index (χ4v) is 1.62. The maximum absolute atomic E-state index is 10.6. The van der Waals surface area contributed by atoms with Crippen LogP contribution < -0.4 is 0 Å². The van der Waals surface area contributed by atoms with E-state index in [0.29, 0.717) is 11.6 Å². The molecule has 2 rings (SSSR count). The number of benzene rings is 1. The van der Waals surface area contributed by atoms with Crippen molar-refractivity contribution in [1.82, 2.24) is 9.78 Å². The van der Waals surface area contributed by atoms with E-state index < -0.39 is 5.97 Å². The van der Waals surface area contributed by atoms with Gasteiger partial charge < -0.3 is 5.11 Å². The van der Waals surface area contributed by atoms with Crippen LogP contribution in [0.25, 0.3) is 0 Å². The van der Waals surface area contributed by atoms with Gasteiger partial charge in [-0.25, -0.2) is 4.79 Å². The molecule has 4 nitrogen and oxygen atoms in total. The smallest absolute Gasteiger partial charge is 0.356 e. The van der Waals surface area contributed by atoms with Gasteiger partial charge in [-0.1, -0.05) is 23.7 Å². The lowest BCUT2D eigenvalue weighted by Gasteiger charge is -2.02. The van der Waals surface area contributed by atoms with Crippen LogP contribution in [0.5, 0.6) is 0 Å². The molecule has 0 spiro atoms. The normalized spacial score (nSPS) is 10.4. The van der Waals surface area contributed by atoms with Gasteiger partial charge in [-0.2, -0.15) is 5.10 Å². The number of rotatable bonds is 4. The van der Waals surface area contributed by atoms with Gasteiger partial charge in [0.15, 0.2) is 5.69 Å². The minimum Gasteiger partial charge on any atom is -0.476 e. The monoisotopic (exact) mass is 250 g/mol. The number of aryl methyl sites for hydroxylation is 2. The summed E-state index contributed by atoms with van der Waals surface area (Å²) in [5.41, 5.74) is 1.21. The second kappa shape index (κ2) is 5.01. The molecule has 88 valence electrons. The summed E-state index contributed by atoms with van der Waals surface area (Å²) in [7, 11) is 0. The van der Waals surface area contributed by atoms with E-state index in [4.69, 9.17) is 16.7 Å². The maximum Gasteiger partial charge on any atom is 0.356 e. The molecule has 2 aromatic rings. The molecule has 0 radical (unpaired) electrons. The zero-order valence-corrected chi connectivity index (χ0v) is 9.76. The Morgan fingerprint density at radius 3 is 2.59 bits per heavy atom. The third kappa shape index (κ3) is 3.07. The third-order valence-electron chi connectivity index (χ3n) is 2.40. The lowest BCUT2D eigenvalue weighted by molar-refractivity contribution is 0.0689. The van der Waals surface area contributed by atoms with Crippen molar-refractivity contribution in [2.45, 2.75) is 13.0 Å². The molecular weight excluding hydrogens is 240 g/mol. The number of hydrogen-bond donors (Lipinski definition) is 1. The second-order valence-corrected chi connectivity index (χ2v) is 4.08. The molecule has 17 heavy (non-hydrogen) atoms. The Labute approximate surface area is 103 Å². The predicted molar refractivity (Wildman–Crippen MR) is 64.3 cm³/mol. The molecule has 0 atom stereocenters. The van der Waals surface area contributed by atoms with Crippen LogP contribution in [0.3, 0.4) is 0 Å². The molecule has 0 saturated heterocycles. The van der Waals surface area contributed by atoms with Gasteiger partial charge in [0.2, 0.25) is 0 Å². The molecule has 1 aromatic carbocycles. The van der Waals surface area contributed by atoms with Crippen LogP contribution in [0.2, 0.25) is 5.02 Å². The molecule has 1 heterocycles. The first-order chi connectivity index (χ1) is 8.15. The van der Waals surface area contributed by atoms with E-state index >= 15 is 0 Å². The fourth-order valence-electron chi connectivity index (χ4n) is 1.50. The Morgan fingerprint density at radius 2 is 2.00 bits per heavy atom. The first-order valence-corrected chi connectivity index (χ1v) is 5.54. The van der Waals surface area contributed by atoms with Crippen LogP contribution in [0.15, 0.2) is 36.5 Å². The Bertz CT molecular complexity index is 520. The number of carboxylic acids is 1. The first-order valence-electron chi connectivity index (χ1n) is 5.16. The standard InChI is InChI=1S/C12H11ClN2O2/c13-10-3-1-9(2-4-10)5-7-15-8-6-11(14-15)12(16)17/h1-4,6,8H,5,7H2,(H,16,17). The highest BCUT2D eigenvalue weighted by Crippen LogP contribution is 2.10. The van der Waals surface area contributed by atoms with Crippen LogP contribution in [-0.4, -0.2) is 20.9 Å². The molecule has 0 aliphatic heterocycles. The van der Waals surface area contributed by atoms with Crippen molar-refractivity contribution in [2.75, 3.05) is 0 Å². The third-order valence-corrected chi connectivity index (χ3v) is 2.65. The summed E-state index contributed by atoms with van der Waals surface area (Å²) in [4.78, 5) is 10.6. The summed E-state index contributed by atoms with van der Waals surface area (Å²) < 4.78 is 1.62. The minimum absolute atomic E-state index is 0.0705. The zero-order valence-electron chi connectivity index (χ0n) is 9.01. The number of hydrogen-bond acceptors (Lipinski definition) is 2. The summed E-state index contributed by atoms with van der Waals surface area (Å²) in [6.45, 7) is 0.648. The summed E-state index contributed by atoms with van der Waals surface area (Å²) >= 11 is 5.78. The van der Waals surface area contributed by atoms with Gasteiger partial charge in [-0.05, 0) is 30.2 Å². The number of aromatic nitrogens is 2. The van der Waals surface area contributed by atoms with Crippen LogP contribution in [0, 0.1) is 0 Å². The Hall–Kier alpha value is -1.81. The molecule has 0 amide bonds. The van der Waals surface area contributed by atoms with Crippen LogP contribution >= 0.6 is 11.6 Å². The highest BCUT2D eigenvalue weighted by molar-refractivity contribution is 6.30. The van der Waals surface area contributed by atoms with E-state index in [0.717, 1.165) is 12.0 Å². The van der Waals surface area contributed by atoms with E-state index in [1.165, 1.54) is 6.07 Å². The van der Waals surface area contributed by atoms with Gasteiger partial charge in [0.05, 0.1) is 0 Å². The number of aromatic carboxylic acids is 1. The number of carbonyl (C=O) groups is 1. The quantitative estimate of drug-likeness (QED) is 0.907. The SMILES string of the molecule is O=C(O)c1ccn(CCc2ccc(Cl)cc2)n1. The molecule has 0 bridgehead atoms. The van der Waals surface area contributed by atoms with E-state index in [1.807, 2.05) is 24.3 Å². The predicted octanol–water partition coefficient (Wildman–Crippen LogP) is 2.48. The number of halogens is 1. The van der Waals surface area contributed by atoms with Crippen molar-refractivity contribution in [3.05, 3.63) is 52.8 Å². The van der Waals surface area contributed by atoms with Crippen molar-refractivity contribution >= 4 is 17.6 Å². The molecule has 1 aromatic heterocycles. The van der Waals surface area contributed by atoms with Crippen molar-refractivity contribution in [2.24, 2.45) is 0 Å². The van der Waals surface area contributed by atoms with Gasteiger partial charge in [0.1, 0.15) is 0 Å². The highest BCUT2D eigenvalue weighted by Gasteiger charge is 2.06. The van der Waals surface area contributed by atoms with Gasteiger partial charge in [0.25, 0.3) is 0 Å². The molecule has 0 aliphatic carbocycles. The molecular formula is C12H11ClN2O2. The Morgan fingerprint density at radius 1 is 1.29 bits per heavy atom. The summed E-state index contributed by atoms with van der Waals surface area (Å²) in [5.74, 6) is -1.00. The van der Waals surface area contributed by atoms with Crippen molar-refractivity contribution < 1.29 is 9.90 Å². The van der Waals surface area contributed by atoms with Gasteiger partial charge in [0, 0.05) is 17.8 Å². The van der Waals surface area contributed by atoms with Gasteiger partial charge in [-0.15, -0.1) is 0 Å². The van der Waals surface area contributed by atoms with Crippen molar-refractivity contribution in [3.63, 3.8) is 0 Å². The molecule has 0 fully saturated rings. The second-order valence-electron chi connectivity index (χ2n) is 3.65. The largest absolute Gasteiger partial charge is 0.476 e. The summed E-state index contributed by atoms with van der Waals surface area (Å²) in [6, 6.07) is 9.06. The fraction of sp³-hybridized carbons (Fsp3) is 0.167. The topological polar surface area (TPSA) is 55.1 Å². The summed E-state index contributed by atoms with van der Waals surface area (Å²) in [6.07, 6.45) is 2.46. The van der Waals surface area contributed by atoms with Crippen LogP contribution in [0.1, 0.15) is 16.1 Å². The van der Waals surface area contributed by atoms with Gasteiger partial charge in [-0.3, -0.25) is 4.68 Å². The molecule has 1 N–H and O–H groups in total. The maximum atomic E-state index is 10.6. The minimum atomic E-state index is -1.00. The van der Waals surface area contributed by atoms with E-state index in [9.17, 15) is 4.79 Å². The molecule has 5 heteroatoms. The van der Waals surface area contributed by atoms with Crippen LogP contribution in [-0.2, 0) is 13.0 Å². The summed E-state index contributed by atoms with van der Waals surface area (Å²) in [5, 5.41) is 13.4. The van der Waals surface area contributed by atoms with E-state index in [1.54, 1.807) is 10.9 Å². The zero-order chi connectivity index (χ0) is 12.3. The number of nitrogens with zero attached hydrogens (tertiary/aromatic N) is 2.